The van der Waals surface area contributed by atoms with Gasteiger partial charge in [-0.2, -0.15) is 0 Å². The maximum atomic E-state index is 12.8. The van der Waals surface area contributed by atoms with E-state index in [-0.39, 0.29) is 23.5 Å². The number of fused-ring (bicyclic) bond motifs is 3. The Bertz CT molecular complexity index is 954. The van der Waals surface area contributed by atoms with Crippen LogP contribution < -0.4 is 0 Å². The van der Waals surface area contributed by atoms with Gasteiger partial charge in [0, 0.05) is 18.6 Å². The Hall–Kier alpha value is -3.20. The van der Waals surface area contributed by atoms with Gasteiger partial charge in [-0.15, -0.1) is 0 Å². The van der Waals surface area contributed by atoms with Gasteiger partial charge < -0.3 is 24.1 Å². The van der Waals surface area contributed by atoms with Crippen molar-refractivity contribution in [1.82, 2.24) is 0 Å². The lowest BCUT2D eigenvalue weighted by atomic mass is 9.80. The van der Waals surface area contributed by atoms with Crippen molar-refractivity contribution in [3.63, 3.8) is 0 Å². The Balaban J connectivity index is 2.02. The maximum absolute atomic E-state index is 12.8. The molecule has 9 heteroatoms. The minimum atomic E-state index is -1.75. The summed E-state index contributed by atoms with van der Waals surface area (Å²) in [4.78, 5) is 48.8. The number of ether oxygens (including phenoxy) is 4. The lowest BCUT2D eigenvalue weighted by Crippen LogP contribution is -2.56. The fraction of sp³-hybridized carbons (Fsp3) is 0.455. The number of hydrogen-bond donors (Lipinski definition) is 1. The molecule has 0 spiro atoms. The second kappa shape index (κ2) is 8.14. The standard InChI is InChI=1S/C22H24O9/c1-6-13(9-28-12(4)23)21(27)30-18-17-11(3)20(26)29-15(17)7-10(2)14-8-16(24)22(5,31-14)19(18)25/h6-8,15,17-19,25H,3,9H2,1-2,4-5H3/b10-7-,13-6+/t15-,17+,18+,19+,22+/m1/s1. The fourth-order valence-corrected chi connectivity index (χ4v) is 3.72. The number of rotatable bonds is 4. The molecule has 0 saturated carbocycles. The van der Waals surface area contributed by atoms with Gasteiger partial charge >= 0.3 is 17.9 Å². The van der Waals surface area contributed by atoms with Crippen molar-refractivity contribution < 1.29 is 43.2 Å². The van der Waals surface area contributed by atoms with E-state index in [0.29, 0.717) is 5.57 Å². The first-order valence-electron chi connectivity index (χ1n) is 9.71. The van der Waals surface area contributed by atoms with Crippen LogP contribution in [0, 0.1) is 5.92 Å². The highest BCUT2D eigenvalue weighted by Gasteiger charge is 2.57. The first-order chi connectivity index (χ1) is 14.5. The third-order valence-corrected chi connectivity index (χ3v) is 5.65. The Morgan fingerprint density at radius 1 is 1.35 bits per heavy atom. The van der Waals surface area contributed by atoms with E-state index in [4.69, 9.17) is 18.9 Å². The fourth-order valence-electron chi connectivity index (χ4n) is 3.72. The van der Waals surface area contributed by atoms with E-state index >= 15 is 0 Å². The van der Waals surface area contributed by atoms with Crippen molar-refractivity contribution in [2.45, 2.75) is 51.6 Å². The largest absolute Gasteiger partial charge is 0.476 e. The number of ketones is 1. The number of hydrogen-bond acceptors (Lipinski definition) is 9. The van der Waals surface area contributed by atoms with Gasteiger partial charge in [-0.25, -0.2) is 9.59 Å². The molecule has 0 aliphatic carbocycles. The van der Waals surface area contributed by atoms with E-state index in [1.807, 2.05) is 0 Å². The molecule has 1 saturated heterocycles. The summed E-state index contributed by atoms with van der Waals surface area (Å²) < 4.78 is 21.6. The minimum Gasteiger partial charge on any atom is -0.476 e. The van der Waals surface area contributed by atoms with Gasteiger partial charge in [-0.1, -0.05) is 12.7 Å². The Morgan fingerprint density at radius 3 is 2.65 bits per heavy atom. The van der Waals surface area contributed by atoms with Crippen LogP contribution in [0.25, 0.3) is 0 Å². The summed E-state index contributed by atoms with van der Waals surface area (Å²) >= 11 is 0. The zero-order valence-corrected chi connectivity index (χ0v) is 17.7. The quantitative estimate of drug-likeness (QED) is 0.394. The lowest BCUT2D eigenvalue weighted by Gasteiger charge is -2.36. The van der Waals surface area contributed by atoms with Crippen LogP contribution in [0.5, 0.6) is 0 Å². The molecule has 31 heavy (non-hydrogen) atoms. The molecule has 0 aromatic heterocycles. The highest BCUT2D eigenvalue weighted by Crippen LogP contribution is 2.42. The third kappa shape index (κ3) is 3.93. The number of aliphatic hydroxyl groups excluding tert-OH is 1. The molecule has 0 unspecified atom stereocenters. The van der Waals surface area contributed by atoms with Crippen LogP contribution in [0.1, 0.15) is 27.7 Å². The van der Waals surface area contributed by atoms with Crippen molar-refractivity contribution in [2.24, 2.45) is 5.92 Å². The second-order valence-corrected chi connectivity index (χ2v) is 7.76. The molecular formula is C22H24O9. The topological polar surface area (TPSA) is 125 Å². The number of carbonyl (C=O) groups is 4. The smallest absolute Gasteiger partial charge is 0.337 e. The van der Waals surface area contributed by atoms with Gasteiger partial charge in [0.15, 0.2) is 5.60 Å². The predicted molar refractivity (Wildman–Crippen MR) is 105 cm³/mol. The summed E-state index contributed by atoms with van der Waals surface area (Å²) in [6.45, 7) is 9.20. The van der Waals surface area contributed by atoms with Gasteiger partial charge in [0.25, 0.3) is 0 Å². The highest BCUT2D eigenvalue weighted by atomic mass is 16.6. The molecule has 9 nitrogen and oxygen atoms in total. The van der Waals surface area contributed by atoms with E-state index in [0.717, 1.165) is 0 Å². The minimum absolute atomic E-state index is 0.00397. The zero-order chi connectivity index (χ0) is 23.1. The average Bonchev–Trinajstić information content (AvgIpc) is 3.16. The van der Waals surface area contributed by atoms with Crippen molar-refractivity contribution in [1.29, 1.82) is 0 Å². The van der Waals surface area contributed by atoms with Crippen molar-refractivity contribution >= 4 is 23.7 Å². The molecule has 3 heterocycles. The maximum Gasteiger partial charge on any atom is 0.337 e. The SMILES string of the molecule is C=C1C(=O)O[C@@H]2/C=C(/C)C3=CC(=O)[C@](C)(O3)[C@@H](O)[C@@H](OC(=O)/C(=C/C)COC(C)=O)[C@@H]12. The van der Waals surface area contributed by atoms with Crippen molar-refractivity contribution in [3.05, 3.63) is 47.3 Å². The molecule has 1 fully saturated rings. The van der Waals surface area contributed by atoms with Gasteiger partial charge in [0.05, 0.1) is 11.5 Å². The Morgan fingerprint density at radius 2 is 2.03 bits per heavy atom. The Kier molecular flexibility index (Phi) is 5.91. The molecule has 3 aliphatic heterocycles. The number of esters is 3. The predicted octanol–water partition coefficient (Wildman–Crippen LogP) is 1.07. The van der Waals surface area contributed by atoms with Crippen LogP contribution >= 0.6 is 0 Å². The molecule has 2 bridgehead atoms. The normalized spacial score (nSPS) is 34.2. The monoisotopic (exact) mass is 432 g/mol. The van der Waals surface area contributed by atoms with Gasteiger partial charge in [0.1, 0.15) is 30.7 Å². The summed E-state index contributed by atoms with van der Waals surface area (Å²) in [5.74, 6) is -3.41. The van der Waals surface area contributed by atoms with Crippen LogP contribution in [-0.2, 0) is 38.1 Å². The highest BCUT2D eigenvalue weighted by molar-refractivity contribution is 6.01. The summed E-state index contributed by atoms with van der Waals surface area (Å²) in [6, 6.07) is 0. The lowest BCUT2D eigenvalue weighted by molar-refractivity contribution is -0.176. The molecule has 0 amide bonds. The molecule has 3 aliphatic rings. The average molecular weight is 432 g/mol. The molecule has 5 atom stereocenters. The first-order valence-corrected chi connectivity index (χ1v) is 9.71. The van der Waals surface area contributed by atoms with E-state index in [9.17, 15) is 24.3 Å². The number of allylic oxidation sites excluding steroid dienone is 2. The van der Waals surface area contributed by atoms with Crippen LogP contribution in [-0.4, -0.2) is 59.3 Å². The van der Waals surface area contributed by atoms with Gasteiger partial charge in [0.2, 0.25) is 5.78 Å². The molecule has 0 aromatic carbocycles. The van der Waals surface area contributed by atoms with Crippen molar-refractivity contribution in [2.75, 3.05) is 6.61 Å². The van der Waals surface area contributed by atoms with Crippen LogP contribution in [0.4, 0.5) is 0 Å². The first kappa shape index (κ1) is 22.5. The van der Waals surface area contributed by atoms with E-state index in [1.165, 1.54) is 26.0 Å². The molecule has 1 N–H and O–H groups in total. The van der Waals surface area contributed by atoms with E-state index < -0.39 is 53.5 Å². The molecule has 0 aromatic rings. The van der Waals surface area contributed by atoms with Crippen LogP contribution in [0.15, 0.2) is 47.3 Å². The number of aliphatic hydroxyl groups is 1. The molecule has 166 valence electrons. The second-order valence-electron chi connectivity index (χ2n) is 7.76. The summed E-state index contributed by atoms with van der Waals surface area (Å²) in [5, 5.41) is 11.2. The van der Waals surface area contributed by atoms with E-state index in [1.54, 1.807) is 19.9 Å². The summed E-state index contributed by atoms with van der Waals surface area (Å²) in [6.07, 6.45) is 0.267. The summed E-state index contributed by atoms with van der Waals surface area (Å²) in [5.41, 5.74) is -1.21. The molecular weight excluding hydrogens is 408 g/mol. The third-order valence-electron chi connectivity index (χ3n) is 5.65. The number of carbonyl (C=O) groups excluding carboxylic acids is 4. The van der Waals surface area contributed by atoms with Crippen LogP contribution in [0.2, 0.25) is 0 Å². The van der Waals surface area contributed by atoms with E-state index in [2.05, 4.69) is 6.58 Å². The van der Waals surface area contributed by atoms with Crippen molar-refractivity contribution in [3.8, 4) is 0 Å². The molecule has 0 radical (unpaired) electrons. The Labute approximate surface area is 179 Å². The zero-order valence-electron chi connectivity index (χ0n) is 17.7. The van der Waals surface area contributed by atoms with Gasteiger partial charge in [-0.3, -0.25) is 9.59 Å². The summed E-state index contributed by atoms with van der Waals surface area (Å²) in [7, 11) is 0. The van der Waals surface area contributed by atoms with Crippen LogP contribution in [0.3, 0.4) is 0 Å². The molecule has 3 rings (SSSR count). The van der Waals surface area contributed by atoms with Gasteiger partial charge in [-0.05, 0) is 32.4 Å².